The highest BCUT2D eigenvalue weighted by Crippen LogP contribution is 2.31. The normalized spacial score (nSPS) is 11.6. The average Bonchev–Trinajstić information content (AvgIpc) is 2.99. The van der Waals surface area contributed by atoms with Gasteiger partial charge in [0.25, 0.3) is 5.56 Å². The van der Waals surface area contributed by atoms with Crippen molar-refractivity contribution in [3.8, 4) is 0 Å². The molecule has 24 heavy (non-hydrogen) atoms. The number of nitrogens with one attached hydrogen (secondary N) is 1. The van der Waals surface area contributed by atoms with E-state index < -0.39 is 23.3 Å². The lowest BCUT2D eigenvalue weighted by molar-refractivity contribution is -0.140. The third-order valence-corrected chi connectivity index (χ3v) is 3.84. The highest BCUT2D eigenvalue weighted by Gasteiger charge is 2.33. The molecule has 0 aliphatic carbocycles. The van der Waals surface area contributed by atoms with Crippen molar-refractivity contribution in [3.63, 3.8) is 0 Å². The summed E-state index contributed by atoms with van der Waals surface area (Å²) in [5, 5.41) is 3.21. The van der Waals surface area contributed by atoms with Crippen molar-refractivity contribution in [2.45, 2.75) is 12.7 Å². The molecule has 0 atom stereocenters. The van der Waals surface area contributed by atoms with E-state index in [-0.39, 0.29) is 11.7 Å². The predicted octanol–water partition coefficient (Wildman–Crippen LogP) is 2.51. The summed E-state index contributed by atoms with van der Waals surface area (Å²) in [5.74, 6) is -0.669. The summed E-state index contributed by atoms with van der Waals surface area (Å²) >= 11 is 0.656. The van der Waals surface area contributed by atoms with E-state index in [1.807, 2.05) is 0 Å². The van der Waals surface area contributed by atoms with Gasteiger partial charge in [-0.15, -0.1) is 11.3 Å². The molecule has 0 spiro atoms. The van der Waals surface area contributed by atoms with Crippen LogP contribution < -0.4 is 10.9 Å². The number of rotatable bonds is 3. The number of fused-ring (bicyclic) bond motifs is 1. The summed E-state index contributed by atoms with van der Waals surface area (Å²) in [6.45, 7) is -0.377. The lowest BCUT2D eigenvalue weighted by Gasteiger charge is -2.06. The number of carbonyl (C=O) groups is 1. The largest absolute Gasteiger partial charge is 0.434 e. The van der Waals surface area contributed by atoms with Crippen molar-refractivity contribution in [1.29, 1.82) is 0 Å². The van der Waals surface area contributed by atoms with Crippen LogP contribution in [0.25, 0.3) is 10.9 Å². The summed E-state index contributed by atoms with van der Waals surface area (Å²) in [6.07, 6.45) is -3.36. The fourth-order valence-electron chi connectivity index (χ4n) is 1.99. The van der Waals surface area contributed by atoms with Crippen LogP contribution in [-0.2, 0) is 17.5 Å². The minimum atomic E-state index is -4.57. The minimum absolute atomic E-state index is 0.186. The van der Waals surface area contributed by atoms with Crippen LogP contribution in [0.15, 0.2) is 40.8 Å². The molecule has 2 aromatic heterocycles. The Kier molecular flexibility index (Phi) is 4.06. The minimum Gasteiger partial charge on any atom is -0.300 e. The van der Waals surface area contributed by atoms with Crippen molar-refractivity contribution in [1.82, 2.24) is 14.5 Å². The first-order valence-electron chi connectivity index (χ1n) is 6.61. The molecule has 0 saturated heterocycles. The second-order valence-corrected chi connectivity index (χ2v) is 5.64. The third-order valence-electron chi connectivity index (χ3n) is 3.09. The number of benzene rings is 1. The third kappa shape index (κ3) is 3.27. The van der Waals surface area contributed by atoms with Crippen LogP contribution in [0.2, 0.25) is 0 Å². The highest BCUT2D eigenvalue weighted by atomic mass is 32.1. The van der Waals surface area contributed by atoms with Crippen molar-refractivity contribution < 1.29 is 18.0 Å². The molecule has 0 aliphatic rings. The van der Waals surface area contributed by atoms with Crippen molar-refractivity contribution in [3.05, 3.63) is 52.0 Å². The zero-order chi connectivity index (χ0) is 17.3. The van der Waals surface area contributed by atoms with Gasteiger partial charge in [-0.1, -0.05) is 12.1 Å². The molecule has 1 aromatic carbocycles. The fourth-order valence-corrected chi connectivity index (χ4v) is 2.73. The van der Waals surface area contributed by atoms with Gasteiger partial charge in [-0.3, -0.25) is 14.2 Å². The van der Waals surface area contributed by atoms with Crippen LogP contribution in [0.1, 0.15) is 5.69 Å². The molecule has 0 radical (unpaired) electrons. The number of amides is 1. The van der Waals surface area contributed by atoms with Gasteiger partial charge in [0.15, 0.2) is 10.8 Å². The summed E-state index contributed by atoms with van der Waals surface area (Å²) in [5.41, 5.74) is -0.993. The molecule has 0 aliphatic heterocycles. The molecule has 3 aromatic rings. The second kappa shape index (κ2) is 6.04. The zero-order valence-electron chi connectivity index (χ0n) is 11.9. The fraction of sp³-hybridized carbons (Fsp3) is 0.143. The molecule has 6 nitrogen and oxygen atoms in total. The van der Waals surface area contributed by atoms with E-state index in [2.05, 4.69) is 15.3 Å². The lowest BCUT2D eigenvalue weighted by Crippen LogP contribution is -2.27. The molecule has 3 rings (SSSR count). The predicted molar refractivity (Wildman–Crippen MR) is 81.7 cm³/mol. The Morgan fingerprint density at radius 3 is 2.75 bits per heavy atom. The van der Waals surface area contributed by atoms with E-state index in [0.717, 1.165) is 9.95 Å². The van der Waals surface area contributed by atoms with E-state index in [4.69, 9.17) is 0 Å². The molecule has 0 unspecified atom stereocenters. The smallest absolute Gasteiger partial charge is 0.300 e. The summed E-state index contributed by atoms with van der Waals surface area (Å²) in [6, 6.07) is 6.64. The zero-order valence-corrected chi connectivity index (χ0v) is 12.7. The molecule has 1 N–H and O–H groups in total. The van der Waals surface area contributed by atoms with Crippen LogP contribution in [0.3, 0.4) is 0 Å². The molecule has 0 saturated carbocycles. The second-order valence-electron chi connectivity index (χ2n) is 4.78. The monoisotopic (exact) mass is 354 g/mol. The maximum absolute atomic E-state index is 12.5. The summed E-state index contributed by atoms with van der Waals surface area (Å²) < 4.78 is 38.5. The number of carbonyl (C=O) groups excluding carboxylic acids is 1. The topological polar surface area (TPSA) is 76.9 Å². The van der Waals surface area contributed by atoms with Gasteiger partial charge in [0.2, 0.25) is 5.91 Å². The summed E-state index contributed by atoms with van der Waals surface area (Å²) in [7, 11) is 0. The highest BCUT2D eigenvalue weighted by molar-refractivity contribution is 7.13. The Morgan fingerprint density at radius 2 is 2.04 bits per heavy atom. The standard InChI is InChI=1S/C14H9F3N4O2S/c15-14(16,17)10-6-24-13(19-10)20-11(22)5-21-7-18-9-4-2-1-3-8(9)12(21)23/h1-4,6-7H,5H2,(H,19,20,22). The van der Waals surface area contributed by atoms with Gasteiger partial charge in [0.1, 0.15) is 6.54 Å². The first-order valence-corrected chi connectivity index (χ1v) is 7.49. The Bertz CT molecular complexity index is 964. The molecule has 2 heterocycles. The van der Waals surface area contributed by atoms with Crippen LogP contribution in [-0.4, -0.2) is 20.4 Å². The maximum atomic E-state index is 12.5. The Hall–Kier alpha value is -2.75. The Labute approximate surface area is 136 Å². The van der Waals surface area contributed by atoms with Gasteiger partial charge in [-0.25, -0.2) is 9.97 Å². The van der Waals surface area contributed by atoms with Gasteiger partial charge >= 0.3 is 6.18 Å². The molecule has 10 heteroatoms. The van der Waals surface area contributed by atoms with E-state index in [1.165, 1.54) is 6.33 Å². The number of hydrogen-bond donors (Lipinski definition) is 1. The molecular weight excluding hydrogens is 345 g/mol. The Balaban J connectivity index is 1.77. The van der Waals surface area contributed by atoms with E-state index in [0.29, 0.717) is 22.2 Å². The number of nitrogens with zero attached hydrogens (tertiary/aromatic N) is 3. The Morgan fingerprint density at radius 1 is 1.29 bits per heavy atom. The van der Waals surface area contributed by atoms with Gasteiger partial charge in [-0.2, -0.15) is 13.2 Å². The van der Waals surface area contributed by atoms with Crippen LogP contribution in [0, 0.1) is 0 Å². The SMILES string of the molecule is O=C(Cn1cnc2ccccc2c1=O)Nc1nc(C(F)(F)F)cs1. The van der Waals surface area contributed by atoms with Crippen molar-refractivity contribution >= 4 is 33.3 Å². The van der Waals surface area contributed by atoms with Crippen LogP contribution >= 0.6 is 11.3 Å². The van der Waals surface area contributed by atoms with Gasteiger partial charge in [0.05, 0.1) is 17.2 Å². The molecule has 124 valence electrons. The number of aromatic nitrogens is 3. The average molecular weight is 354 g/mol. The lowest BCUT2D eigenvalue weighted by atomic mass is 10.2. The molecular formula is C14H9F3N4O2S. The van der Waals surface area contributed by atoms with Gasteiger partial charge in [-0.05, 0) is 12.1 Å². The van der Waals surface area contributed by atoms with Crippen LogP contribution in [0.5, 0.6) is 0 Å². The molecule has 0 fully saturated rings. The maximum Gasteiger partial charge on any atom is 0.434 e. The summed E-state index contributed by atoms with van der Waals surface area (Å²) in [4.78, 5) is 31.5. The number of hydrogen-bond acceptors (Lipinski definition) is 5. The number of thiazole rings is 1. The number of halogens is 3. The number of anilines is 1. The van der Waals surface area contributed by atoms with Crippen molar-refractivity contribution in [2.75, 3.05) is 5.32 Å². The van der Waals surface area contributed by atoms with E-state index in [1.54, 1.807) is 24.3 Å². The van der Waals surface area contributed by atoms with E-state index >= 15 is 0 Å². The van der Waals surface area contributed by atoms with Gasteiger partial charge in [0, 0.05) is 5.38 Å². The quantitative estimate of drug-likeness (QED) is 0.784. The van der Waals surface area contributed by atoms with Crippen LogP contribution in [0.4, 0.5) is 18.3 Å². The first-order chi connectivity index (χ1) is 11.3. The molecule has 0 bridgehead atoms. The first kappa shape index (κ1) is 16.1. The number of para-hydroxylation sites is 1. The van der Waals surface area contributed by atoms with E-state index in [9.17, 15) is 22.8 Å². The van der Waals surface area contributed by atoms with Crippen molar-refractivity contribution in [2.24, 2.45) is 0 Å². The number of alkyl halides is 3. The van der Waals surface area contributed by atoms with Gasteiger partial charge < -0.3 is 5.32 Å². The molecule has 1 amide bonds.